The summed E-state index contributed by atoms with van der Waals surface area (Å²) in [6.07, 6.45) is 11.5. The van der Waals surface area contributed by atoms with Crippen molar-refractivity contribution >= 4 is 47.6 Å². The molecule has 6 aromatic rings. The lowest BCUT2D eigenvalue weighted by atomic mass is 9.93. The van der Waals surface area contributed by atoms with E-state index in [0.717, 1.165) is 36.1 Å². The first-order valence-electron chi connectivity index (χ1n) is 23.4. The molecular weight excluding hydrogens is 921 g/mol. The maximum Gasteiger partial charge on any atom is 0.340 e. The number of carbonyl (C=O) groups excluding carboxylic acids is 2. The van der Waals surface area contributed by atoms with Gasteiger partial charge >= 0.3 is 23.9 Å². The largest absolute Gasteiger partial charge is 0.494 e. The lowest BCUT2D eigenvalue weighted by Gasteiger charge is -2.20. The maximum atomic E-state index is 12.7. The standard InChI is InChI=1S/C58H54O14/c59-49(41-15-7-5-8-16-41)33-23-39-19-25-43(26-20-39)69-35-11-1-3-13-37-71-53-45(29-31-47(55(61)62)51(53)57(65)66)46-30-32-48(56(63)64)52(58(67)68)54(46)72-38-14-4-2-12-36-70-44-27-21-40(22-28-44)24-34-50(60)42-17-9-6-10-18-42/h5-10,15-34H,1-4,11-14,35-38H2,(H,61,62)(H,63,64)(H,65,66)(H,67,68). The Balaban J connectivity index is 1.03. The SMILES string of the molecule is O=C(C=Cc1ccc(OCCCCCCOc2c(-c3ccc(C(=O)O)c(C(=O)O)c3OCCCCCCOc3ccc(C=CC(=O)c4ccccc4)cc3)ccc(C(=O)O)c2C(=O)O)cc1)c1ccccc1. The Morgan fingerprint density at radius 2 is 0.694 bits per heavy atom. The molecule has 4 N–H and O–H groups in total. The molecule has 0 fully saturated rings. The summed E-state index contributed by atoms with van der Waals surface area (Å²) < 4.78 is 23.9. The van der Waals surface area contributed by atoms with Crippen LogP contribution >= 0.6 is 0 Å². The summed E-state index contributed by atoms with van der Waals surface area (Å²) in [6, 6.07) is 37.3. The van der Waals surface area contributed by atoms with Crippen LogP contribution in [-0.4, -0.2) is 82.3 Å². The van der Waals surface area contributed by atoms with Gasteiger partial charge in [-0.25, -0.2) is 19.2 Å². The van der Waals surface area contributed by atoms with Crippen LogP contribution in [-0.2, 0) is 0 Å². The third-order valence-electron chi connectivity index (χ3n) is 11.3. The number of benzene rings is 6. The number of unbranched alkanes of at least 4 members (excludes halogenated alkanes) is 6. The highest BCUT2D eigenvalue weighted by Gasteiger charge is 2.30. The molecule has 14 heteroatoms. The fourth-order valence-corrected chi connectivity index (χ4v) is 7.61. The summed E-state index contributed by atoms with van der Waals surface area (Å²) in [5.41, 5.74) is 0.463. The molecule has 0 aliphatic carbocycles. The second-order valence-corrected chi connectivity index (χ2v) is 16.4. The van der Waals surface area contributed by atoms with E-state index in [-0.39, 0.29) is 47.4 Å². The van der Waals surface area contributed by atoms with E-state index in [1.54, 1.807) is 36.4 Å². The van der Waals surface area contributed by atoms with Gasteiger partial charge in [-0.05, 0) is 123 Å². The van der Waals surface area contributed by atoms with E-state index in [1.807, 2.05) is 84.9 Å². The summed E-state index contributed by atoms with van der Waals surface area (Å²) >= 11 is 0. The predicted molar refractivity (Wildman–Crippen MR) is 271 cm³/mol. The molecule has 0 saturated carbocycles. The monoisotopic (exact) mass is 974 g/mol. The van der Waals surface area contributed by atoms with Crippen molar-refractivity contribution in [2.45, 2.75) is 51.4 Å². The number of ketones is 2. The van der Waals surface area contributed by atoms with Crippen LogP contribution in [0.3, 0.4) is 0 Å². The van der Waals surface area contributed by atoms with Crippen LogP contribution in [0.5, 0.6) is 23.0 Å². The first-order valence-corrected chi connectivity index (χ1v) is 23.4. The van der Waals surface area contributed by atoms with Crippen molar-refractivity contribution in [1.29, 1.82) is 0 Å². The quantitative estimate of drug-likeness (QED) is 0.0195. The fourth-order valence-electron chi connectivity index (χ4n) is 7.61. The van der Waals surface area contributed by atoms with Crippen LogP contribution in [0.15, 0.2) is 146 Å². The average Bonchev–Trinajstić information content (AvgIpc) is 3.39. The number of ether oxygens (including phenoxy) is 4. The van der Waals surface area contributed by atoms with Crippen LogP contribution in [0.4, 0.5) is 0 Å². The topological polar surface area (TPSA) is 220 Å². The van der Waals surface area contributed by atoms with Gasteiger partial charge in [0.1, 0.15) is 34.1 Å². The summed E-state index contributed by atoms with van der Waals surface area (Å²) in [6.45, 7) is 0.778. The Morgan fingerprint density at radius 1 is 0.361 bits per heavy atom. The molecule has 0 spiro atoms. The lowest BCUT2D eigenvalue weighted by molar-refractivity contribution is 0.0647. The number of hydrogen-bond donors (Lipinski definition) is 4. The van der Waals surface area contributed by atoms with Gasteiger partial charge in [-0.2, -0.15) is 0 Å². The van der Waals surface area contributed by atoms with E-state index >= 15 is 0 Å². The van der Waals surface area contributed by atoms with Gasteiger partial charge in [-0.1, -0.05) is 97.1 Å². The van der Waals surface area contributed by atoms with E-state index in [1.165, 1.54) is 24.3 Å². The molecule has 14 nitrogen and oxygen atoms in total. The van der Waals surface area contributed by atoms with Crippen LogP contribution in [0.25, 0.3) is 23.3 Å². The Bertz CT molecular complexity index is 2690. The number of aromatic carboxylic acids is 4. The third-order valence-corrected chi connectivity index (χ3v) is 11.3. The van der Waals surface area contributed by atoms with Crippen molar-refractivity contribution in [2.24, 2.45) is 0 Å². The third kappa shape index (κ3) is 15.1. The lowest BCUT2D eigenvalue weighted by Crippen LogP contribution is -2.15. The van der Waals surface area contributed by atoms with E-state index in [0.29, 0.717) is 74.4 Å². The van der Waals surface area contributed by atoms with Gasteiger partial charge in [-0.3, -0.25) is 9.59 Å². The predicted octanol–water partition coefficient (Wildman–Crippen LogP) is 12.0. The van der Waals surface area contributed by atoms with Crippen molar-refractivity contribution in [3.63, 3.8) is 0 Å². The summed E-state index contributed by atoms with van der Waals surface area (Å²) in [4.78, 5) is 74.6. The highest BCUT2D eigenvalue weighted by molar-refractivity contribution is 6.09. The molecule has 0 atom stereocenters. The fraction of sp³-hybridized carbons (Fsp3) is 0.207. The summed E-state index contributed by atoms with van der Waals surface area (Å²) in [5.74, 6) is -5.78. The van der Waals surface area contributed by atoms with E-state index in [9.17, 15) is 49.2 Å². The molecule has 0 amide bonds. The number of rotatable bonds is 29. The number of carboxylic acid groups (broad SMARTS) is 4. The van der Waals surface area contributed by atoms with Gasteiger partial charge in [-0.15, -0.1) is 0 Å². The van der Waals surface area contributed by atoms with E-state index in [2.05, 4.69) is 0 Å². The minimum atomic E-state index is -1.60. The molecule has 0 heterocycles. The number of carbonyl (C=O) groups is 6. The molecule has 72 heavy (non-hydrogen) atoms. The van der Waals surface area contributed by atoms with Crippen molar-refractivity contribution in [1.82, 2.24) is 0 Å². The van der Waals surface area contributed by atoms with Gasteiger partial charge in [0.05, 0.1) is 37.6 Å². The highest BCUT2D eigenvalue weighted by atomic mass is 16.5. The molecular formula is C58H54O14. The van der Waals surface area contributed by atoms with Crippen LogP contribution in [0.1, 0.15) is 125 Å². The molecule has 6 rings (SSSR count). The first kappa shape index (κ1) is 52.6. The Hall–Kier alpha value is -8.78. The molecule has 0 radical (unpaired) electrons. The zero-order chi connectivity index (χ0) is 51.2. The van der Waals surface area contributed by atoms with E-state index in [4.69, 9.17) is 18.9 Å². The van der Waals surface area contributed by atoms with Gasteiger partial charge in [0.2, 0.25) is 0 Å². The molecule has 370 valence electrons. The minimum absolute atomic E-state index is 0.00594. The molecule has 0 aliphatic heterocycles. The van der Waals surface area contributed by atoms with Crippen molar-refractivity contribution in [3.8, 4) is 34.1 Å². The minimum Gasteiger partial charge on any atom is -0.494 e. The van der Waals surface area contributed by atoms with Crippen LogP contribution in [0, 0.1) is 0 Å². The van der Waals surface area contributed by atoms with E-state index < -0.39 is 46.1 Å². The highest BCUT2D eigenvalue weighted by Crippen LogP contribution is 2.43. The van der Waals surface area contributed by atoms with Crippen LogP contribution < -0.4 is 18.9 Å². The molecule has 0 bridgehead atoms. The zero-order valence-electron chi connectivity index (χ0n) is 39.4. The Kier molecular flexibility index (Phi) is 19.6. The first-order chi connectivity index (χ1) is 34.9. The van der Waals surface area contributed by atoms with Gasteiger partial charge in [0.25, 0.3) is 0 Å². The Morgan fingerprint density at radius 3 is 1.01 bits per heavy atom. The summed E-state index contributed by atoms with van der Waals surface area (Å²) in [5, 5.41) is 40.5. The second kappa shape index (κ2) is 26.8. The molecule has 6 aromatic carbocycles. The van der Waals surface area contributed by atoms with Gasteiger partial charge in [0.15, 0.2) is 11.6 Å². The van der Waals surface area contributed by atoms with Gasteiger partial charge in [0, 0.05) is 22.3 Å². The van der Waals surface area contributed by atoms with Crippen molar-refractivity contribution in [3.05, 3.63) is 190 Å². The average molecular weight is 975 g/mol. The van der Waals surface area contributed by atoms with Crippen LogP contribution in [0.2, 0.25) is 0 Å². The number of carboxylic acids is 4. The Labute approximate surface area is 416 Å². The molecule has 0 saturated heterocycles. The molecule has 0 aromatic heterocycles. The molecule has 0 aliphatic rings. The van der Waals surface area contributed by atoms with Crippen molar-refractivity contribution in [2.75, 3.05) is 26.4 Å². The second-order valence-electron chi connectivity index (χ2n) is 16.4. The number of allylic oxidation sites excluding steroid dienone is 2. The maximum absolute atomic E-state index is 12.7. The molecule has 0 unspecified atom stereocenters. The van der Waals surface area contributed by atoms with Gasteiger partial charge < -0.3 is 39.4 Å². The number of hydrogen-bond acceptors (Lipinski definition) is 10. The normalized spacial score (nSPS) is 11.1. The smallest absolute Gasteiger partial charge is 0.340 e. The zero-order valence-corrected chi connectivity index (χ0v) is 39.4. The summed E-state index contributed by atoms with van der Waals surface area (Å²) in [7, 11) is 0. The van der Waals surface area contributed by atoms with Crippen molar-refractivity contribution < 1.29 is 68.1 Å².